The first kappa shape index (κ1) is 20.7. The van der Waals surface area contributed by atoms with Crippen LogP contribution in [0.2, 0.25) is 0 Å². The number of hydrogen-bond acceptors (Lipinski definition) is 4. The summed E-state index contributed by atoms with van der Waals surface area (Å²) in [6.07, 6.45) is -0.367. The Kier molecular flexibility index (Phi) is 5.50. The molecule has 1 aromatic heterocycles. The molecular formula is C21H21F3N2O3S. The summed E-state index contributed by atoms with van der Waals surface area (Å²) in [5.41, 5.74) is 0.182. The molecule has 2 heterocycles. The van der Waals surface area contributed by atoms with E-state index in [1.165, 1.54) is 25.3 Å². The average molecular weight is 438 g/mol. The summed E-state index contributed by atoms with van der Waals surface area (Å²) in [4.78, 5) is -0.0567. The minimum atomic E-state index is -4.24. The van der Waals surface area contributed by atoms with Crippen LogP contribution in [-0.2, 0) is 10.0 Å². The molecule has 0 amide bonds. The van der Waals surface area contributed by atoms with Gasteiger partial charge in [0.25, 0.3) is 16.4 Å². The largest absolute Gasteiger partial charge is 0.496 e. The van der Waals surface area contributed by atoms with E-state index in [0.717, 1.165) is 53.8 Å². The van der Waals surface area contributed by atoms with E-state index < -0.39 is 27.8 Å². The van der Waals surface area contributed by atoms with Crippen LogP contribution < -0.4 is 10.1 Å². The van der Waals surface area contributed by atoms with Crippen LogP contribution in [0.4, 0.5) is 13.2 Å². The number of rotatable bonds is 5. The number of piperidine rings is 1. The van der Waals surface area contributed by atoms with Gasteiger partial charge in [0.2, 0.25) is 0 Å². The lowest BCUT2D eigenvalue weighted by Gasteiger charge is -2.25. The molecule has 0 radical (unpaired) electrons. The Balaban J connectivity index is 1.87. The molecule has 0 saturated carbocycles. The van der Waals surface area contributed by atoms with Gasteiger partial charge >= 0.3 is 0 Å². The fourth-order valence-electron chi connectivity index (χ4n) is 4.01. The van der Waals surface area contributed by atoms with E-state index in [4.69, 9.17) is 4.74 Å². The van der Waals surface area contributed by atoms with Crippen molar-refractivity contribution in [3.05, 3.63) is 59.5 Å². The number of hydrogen-bond donors (Lipinski definition) is 1. The molecule has 0 unspecified atom stereocenters. The van der Waals surface area contributed by atoms with Gasteiger partial charge in [0.05, 0.1) is 17.5 Å². The van der Waals surface area contributed by atoms with E-state index in [9.17, 15) is 21.6 Å². The zero-order valence-corrected chi connectivity index (χ0v) is 17.1. The molecule has 160 valence electrons. The van der Waals surface area contributed by atoms with Crippen LogP contribution >= 0.6 is 0 Å². The lowest BCUT2D eigenvalue weighted by atomic mass is 9.89. The van der Waals surface area contributed by atoms with E-state index in [2.05, 4.69) is 5.32 Å². The van der Waals surface area contributed by atoms with Crippen molar-refractivity contribution >= 4 is 20.9 Å². The minimum Gasteiger partial charge on any atom is -0.496 e. The molecule has 1 saturated heterocycles. The van der Waals surface area contributed by atoms with Crippen molar-refractivity contribution in [3.63, 3.8) is 0 Å². The monoisotopic (exact) mass is 438 g/mol. The Labute approximate surface area is 172 Å². The average Bonchev–Trinajstić information content (AvgIpc) is 3.13. The third kappa shape index (κ3) is 3.56. The van der Waals surface area contributed by atoms with Gasteiger partial charge in [-0.05, 0) is 73.8 Å². The summed E-state index contributed by atoms with van der Waals surface area (Å²) in [7, 11) is -2.72. The normalized spacial score (nSPS) is 15.8. The molecule has 1 fully saturated rings. The first-order valence-electron chi connectivity index (χ1n) is 9.56. The molecule has 2 aromatic carbocycles. The van der Waals surface area contributed by atoms with Crippen molar-refractivity contribution in [3.8, 4) is 5.75 Å². The summed E-state index contributed by atoms with van der Waals surface area (Å²) >= 11 is 0. The number of fused-ring (bicyclic) bond motifs is 1. The molecule has 1 aliphatic heterocycles. The fourth-order valence-corrected chi connectivity index (χ4v) is 5.41. The zero-order valence-electron chi connectivity index (χ0n) is 16.2. The number of nitrogens with zero attached hydrogens (tertiary/aromatic N) is 1. The Morgan fingerprint density at radius 2 is 1.87 bits per heavy atom. The standard InChI is InChI=1S/C21H21F3N2O3S/c1-29-20-5-3-15(11-17(20)13-6-8-25-9-7-13)30(27,28)26-12-18(21(23)24)16-4-2-14(22)10-19(16)26/h2-5,10-13,21,25H,6-9H2,1H3. The smallest absolute Gasteiger partial charge is 0.268 e. The number of nitrogens with one attached hydrogen (secondary N) is 1. The van der Waals surface area contributed by atoms with Crippen LogP contribution in [0.3, 0.4) is 0 Å². The Bertz CT molecular complexity index is 1190. The summed E-state index contributed by atoms with van der Waals surface area (Å²) in [6, 6.07) is 7.66. The molecule has 1 N–H and O–H groups in total. The molecule has 1 aliphatic rings. The van der Waals surface area contributed by atoms with Crippen LogP contribution in [0.25, 0.3) is 10.9 Å². The number of aromatic nitrogens is 1. The molecular weight excluding hydrogens is 417 g/mol. The summed E-state index contributed by atoms with van der Waals surface area (Å²) in [5.74, 6) is -0.00709. The Morgan fingerprint density at radius 3 is 2.53 bits per heavy atom. The molecule has 0 spiro atoms. The van der Waals surface area contributed by atoms with Crippen LogP contribution in [0.1, 0.15) is 36.3 Å². The first-order valence-corrected chi connectivity index (χ1v) is 11.0. The lowest BCUT2D eigenvalue weighted by Crippen LogP contribution is -2.27. The third-order valence-electron chi connectivity index (χ3n) is 5.54. The van der Waals surface area contributed by atoms with Crippen molar-refractivity contribution < 1.29 is 26.3 Å². The van der Waals surface area contributed by atoms with E-state index in [1.807, 2.05) is 0 Å². The van der Waals surface area contributed by atoms with Gasteiger partial charge in [0.1, 0.15) is 11.6 Å². The Morgan fingerprint density at radius 1 is 1.13 bits per heavy atom. The third-order valence-corrected chi connectivity index (χ3v) is 7.21. The first-order chi connectivity index (χ1) is 14.3. The highest BCUT2D eigenvalue weighted by Crippen LogP contribution is 2.36. The molecule has 9 heteroatoms. The van der Waals surface area contributed by atoms with Gasteiger partial charge in [-0.1, -0.05) is 0 Å². The number of halogens is 3. The molecule has 0 atom stereocenters. The van der Waals surface area contributed by atoms with Crippen LogP contribution in [0.15, 0.2) is 47.5 Å². The molecule has 5 nitrogen and oxygen atoms in total. The quantitative estimate of drug-likeness (QED) is 0.640. The SMILES string of the molecule is COc1ccc(S(=O)(=O)n2cc(C(F)F)c3ccc(F)cc32)cc1C1CCNCC1. The molecule has 0 bridgehead atoms. The van der Waals surface area contributed by atoms with Crippen molar-refractivity contribution in [2.24, 2.45) is 0 Å². The van der Waals surface area contributed by atoms with Gasteiger partial charge in [-0.3, -0.25) is 0 Å². The molecule has 3 aromatic rings. The number of alkyl halides is 2. The fraction of sp³-hybridized carbons (Fsp3) is 0.333. The molecule has 0 aliphatic carbocycles. The maximum absolute atomic E-state index is 13.8. The van der Waals surface area contributed by atoms with Gasteiger partial charge in [-0.2, -0.15) is 0 Å². The van der Waals surface area contributed by atoms with Gasteiger partial charge in [0.15, 0.2) is 0 Å². The number of benzene rings is 2. The van der Waals surface area contributed by atoms with Crippen LogP contribution in [0, 0.1) is 5.82 Å². The van der Waals surface area contributed by atoms with Gasteiger partial charge < -0.3 is 10.1 Å². The van der Waals surface area contributed by atoms with Crippen LogP contribution in [0.5, 0.6) is 5.75 Å². The van der Waals surface area contributed by atoms with E-state index >= 15 is 0 Å². The Hall–Kier alpha value is -2.52. The second-order valence-electron chi connectivity index (χ2n) is 7.28. The second kappa shape index (κ2) is 7.96. The van der Waals surface area contributed by atoms with Crippen molar-refractivity contribution in [1.29, 1.82) is 0 Å². The summed E-state index contributed by atoms with van der Waals surface area (Å²) in [6.45, 7) is 1.62. The van der Waals surface area contributed by atoms with E-state index in [1.54, 1.807) is 6.07 Å². The van der Waals surface area contributed by atoms with Gasteiger partial charge in [-0.15, -0.1) is 0 Å². The van der Waals surface area contributed by atoms with E-state index in [0.29, 0.717) is 5.75 Å². The summed E-state index contributed by atoms with van der Waals surface area (Å²) in [5, 5.41) is 3.26. The lowest BCUT2D eigenvalue weighted by molar-refractivity contribution is 0.153. The predicted molar refractivity (Wildman–Crippen MR) is 107 cm³/mol. The summed E-state index contributed by atoms with van der Waals surface area (Å²) < 4.78 is 73.7. The van der Waals surface area contributed by atoms with E-state index in [-0.39, 0.29) is 21.7 Å². The second-order valence-corrected chi connectivity index (χ2v) is 9.09. The van der Waals surface area contributed by atoms with Crippen molar-refractivity contribution in [2.45, 2.75) is 30.1 Å². The van der Waals surface area contributed by atoms with Gasteiger partial charge in [0, 0.05) is 17.1 Å². The highest BCUT2D eigenvalue weighted by Gasteiger charge is 2.27. The number of ether oxygens (including phenoxy) is 1. The zero-order chi connectivity index (χ0) is 21.5. The highest BCUT2D eigenvalue weighted by molar-refractivity contribution is 7.90. The van der Waals surface area contributed by atoms with Crippen LogP contribution in [-0.4, -0.2) is 32.6 Å². The number of methoxy groups -OCH3 is 1. The molecule has 30 heavy (non-hydrogen) atoms. The maximum atomic E-state index is 13.8. The van der Waals surface area contributed by atoms with Gasteiger partial charge in [-0.25, -0.2) is 25.6 Å². The van der Waals surface area contributed by atoms with Crippen molar-refractivity contribution in [2.75, 3.05) is 20.2 Å². The van der Waals surface area contributed by atoms with Crippen molar-refractivity contribution in [1.82, 2.24) is 9.29 Å². The maximum Gasteiger partial charge on any atom is 0.268 e. The topological polar surface area (TPSA) is 60.3 Å². The molecule has 4 rings (SSSR count). The highest BCUT2D eigenvalue weighted by atomic mass is 32.2. The predicted octanol–water partition coefficient (Wildman–Crippen LogP) is 4.43. The minimum absolute atomic E-state index is 0.00191.